The largest absolute Gasteiger partial charge is 0.489 e. The molecule has 1 unspecified atom stereocenters. The van der Waals surface area contributed by atoms with E-state index in [1.54, 1.807) is 30.3 Å². The maximum absolute atomic E-state index is 12.9. The zero-order valence-electron chi connectivity index (χ0n) is 23.6. The second-order valence-electron chi connectivity index (χ2n) is 11.2. The van der Waals surface area contributed by atoms with E-state index in [1.807, 2.05) is 55.5 Å². The first-order chi connectivity index (χ1) is 19.6. The highest BCUT2D eigenvalue weighted by atomic mass is 16.5. The number of fused-ring (bicyclic) bond motifs is 1. The number of nitrogens with zero attached hydrogens (tertiary/aromatic N) is 1. The van der Waals surface area contributed by atoms with Crippen molar-refractivity contribution in [1.29, 1.82) is 5.26 Å². The van der Waals surface area contributed by atoms with Crippen molar-refractivity contribution < 1.29 is 19.0 Å². The predicted octanol–water partition coefficient (Wildman–Crippen LogP) is 7.31. The van der Waals surface area contributed by atoms with E-state index in [0.717, 1.165) is 22.3 Å². The summed E-state index contributed by atoms with van der Waals surface area (Å²) in [6.07, 6.45) is 0. The third-order valence-corrected chi connectivity index (χ3v) is 7.11. The molecule has 6 nitrogen and oxygen atoms in total. The Bertz CT molecular complexity index is 1660. The average molecular weight is 545 g/mol. The van der Waals surface area contributed by atoms with Gasteiger partial charge in [0.25, 0.3) is 0 Å². The van der Waals surface area contributed by atoms with Crippen LogP contribution in [0.25, 0.3) is 0 Å². The average Bonchev–Trinajstić information content (AvgIpc) is 2.96. The number of rotatable bonds is 6. The summed E-state index contributed by atoms with van der Waals surface area (Å²) in [5.41, 5.74) is 11.9. The van der Waals surface area contributed by atoms with E-state index >= 15 is 0 Å². The van der Waals surface area contributed by atoms with Crippen molar-refractivity contribution >= 4 is 5.97 Å². The van der Waals surface area contributed by atoms with Gasteiger partial charge in [0.15, 0.2) is 0 Å². The Kier molecular flexibility index (Phi) is 7.54. The number of benzene rings is 4. The Morgan fingerprint density at radius 1 is 0.951 bits per heavy atom. The fourth-order valence-electron chi connectivity index (χ4n) is 4.75. The van der Waals surface area contributed by atoms with Crippen molar-refractivity contribution in [2.24, 2.45) is 5.73 Å². The molecule has 0 saturated carbocycles. The van der Waals surface area contributed by atoms with Crippen LogP contribution in [0.1, 0.15) is 64.9 Å². The van der Waals surface area contributed by atoms with E-state index < -0.39 is 11.9 Å². The molecule has 1 aliphatic heterocycles. The fraction of sp³-hybridized carbons (Fsp3) is 0.200. The Morgan fingerprint density at radius 2 is 1.68 bits per heavy atom. The molecule has 5 rings (SSSR count). The lowest BCUT2D eigenvalue weighted by molar-refractivity contribution is 0.0734. The van der Waals surface area contributed by atoms with Crippen molar-refractivity contribution in [2.45, 2.75) is 45.6 Å². The number of hydrogen-bond acceptors (Lipinski definition) is 6. The van der Waals surface area contributed by atoms with Crippen LogP contribution in [0.2, 0.25) is 0 Å². The van der Waals surface area contributed by atoms with E-state index in [-0.39, 0.29) is 11.3 Å². The molecule has 0 amide bonds. The number of carbonyl (C=O) groups is 1. The highest BCUT2D eigenvalue weighted by molar-refractivity contribution is 5.91. The summed E-state index contributed by atoms with van der Waals surface area (Å²) in [5, 5.41) is 9.96. The Hall–Kier alpha value is -5.02. The number of nitrogens with two attached hydrogens (primary N) is 1. The van der Waals surface area contributed by atoms with Crippen LogP contribution in [-0.4, -0.2) is 5.97 Å². The van der Waals surface area contributed by atoms with Crippen molar-refractivity contribution in [1.82, 2.24) is 0 Å². The molecule has 0 fully saturated rings. The Morgan fingerprint density at radius 3 is 2.37 bits per heavy atom. The van der Waals surface area contributed by atoms with E-state index in [2.05, 4.69) is 39.0 Å². The molecule has 2 N–H and O–H groups in total. The second-order valence-corrected chi connectivity index (χ2v) is 11.2. The molecule has 41 heavy (non-hydrogen) atoms. The minimum atomic E-state index is -0.475. The highest BCUT2D eigenvalue weighted by Crippen LogP contribution is 2.44. The zero-order chi connectivity index (χ0) is 29.1. The third-order valence-electron chi connectivity index (χ3n) is 7.11. The monoisotopic (exact) mass is 544 g/mol. The first-order valence-electron chi connectivity index (χ1n) is 13.4. The molecular formula is C35H32N2O4. The molecule has 6 heteroatoms. The van der Waals surface area contributed by atoms with Gasteiger partial charge in [-0.2, -0.15) is 5.26 Å². The fourth-order valence-corrected chi connectivity index (χ4v) is 4.75. The SMILES string of the molecule is Cc1ccc(COc2cccc(C3C(C#N)=C(N)Oc4cc(OC(=O)c5ccc(C(C)(C)C)cc5)ccc43)c2)cc1. The first-order valence-corrected chi connectivity index (χ1v) is 13.4. The van der Waals surface area contributed by atoms with Gasteiger partial charge in [0.1, 0.15) is 35.5 Å². The van der Waals surface area contributed by atoms with Gasteiger partial charge in [0.05, 0.1) is 11.5 Å². The normalized spacial score (nSPS) is 14.5. The van der Waals surface area contributed by atoms with Crippen LogP contribution < -0.4 is 19.9 Å². The number of nitriles is 1. The number of ether oxygens (including phenoxy) is 3. The van der Waals surface area contributed by atoms with E-state index in [0.29, 0.717) is 35.0 Å². The maximum atomic E-state index is 12.9. The lowest BCUT2D eigenvalue weighted by Crippen LogP contribution is -2.21. The zero-order valence-corrected chi connectivity index (χ0v) is 23.6. The van der Waals surface area contributed by atoms with Crippen molar-refractivity contribution in [3.63, 3.8) is 0 Å². The lowest BCUT2D eigenvalue weighted by atomic mass is 9.83. The number of aryl methyl sites for hydroxylation is 1. The van der Waals surface area contributed by atoms with Crippen molar-refractivity contribution in [3.05, 3.63) is 136 Å². The number of esters is 1. The van der Waals surface area contributed by atoms with Gasteiger partial charge in [-0.1, -0.05) is 80.9 Å². The van der Waals surface area contributed by atoms with E-state index in [9.17, 15) is 10.1 Å². The van der Waals surface area contributed by atoms with Gasteiger partial charge in [-0.25, -0.2) is 4.79 Å². The van der Waals surface area contributed by atoms with Gasteiger partial charge >= 0.3 is 5.97 Å². The molecule has 0 aliphatic carbocycles. The van der Waals surface area contributed by atoms with Gasteiger partial charge < -0.3 is 19.9 Å². The molecule has 1 heterocycles. The quantitative estimate of drug-likeness (QED) is 0.202. The number of hydrogen-bond donors (Lipinski definition) is 1. The maximum Gasteiger partial charge on any atom is 0.343 e. The summed E-state index contributed by atoms with van der Waals surface area (Å²) in [6, 6.07) is 30.5. The van der Waals surface area contributed by atoms with Crippen LogP contribution >= 0.6 is 0 Å². The van der Waals surface area contributed by atoms with Crippen LogP contribution in [0.3, 0.4) is 0 Å². The molecule has 206 valence electrons. The predicted molar refractivity (Wildman–Crippen MR) is 158 cm³/mol. The number of carbonyl (C=O) groups excluding carboxylic acids is 1. The second kappa shape index (κ2) is 11.2. The Labute approximate surface area is 240 Å². The molecule has 0 bridgehead atoms. The molecule has 4 aromatic carbocycles. The van der Waals surface area contributed by atoms with Crippen molar-refractivity contribution in [2.75, 3.05) is 0 Å². The lowest BCUT2D eigenvalue weighted by Gasteiger charge is -2.27. The molecule has 1 atom stereocenters. The van der Waals surface area contributed by atoms with Crippen LogP contribution in [0.5, 0.6) is 17.2 Å². The molecular weight excluding hydrogens is 512 g/mol. The molecule has 4 aromatic rings. The standard InChI is InChI=1S/C35H32N2O4/c1-22-8-10-23(11-9-22)21-39-27-7-5-6-25(18-27)32-29-17-16-28(19-31(29)41-33(37)30(32)20-36)40-34(38)24-12-14-26(15-13-24)35(2,3)4/h5-19,32H,21,37H2,1-4H3. The van der Waals surface area contributed by atoms with Gasteiger partial charge in [-0.05, 0) is 59.4 Å². The van der Waals surface area contributed by atoms with Crippen LogP contribution in [-0.2, 0) is 12.0 Å². The molecule has 1 aliphatic rings. The summed E-state index contributed by atoms with van der Waals surface area (Å²) in [7, 11) is 0. The molecule has 0 radical (unpaired) electrons. The topological polar surface area (TPSA) is 94.6 Å². The molecule has 0 spiro atoms. The van der Waals surface area contributed by atoms with E-state index in [4.69, 9.17) is 19.9 Å². The summed E-state index contributed by atoms with van der Waals surface area (Å²) in [5.74, 6) is 0.479. The van der Waals surface area contributed by atoms with Crippen molar-refractivity contribution in [3.8, 4) is 23.3 Å². The van der Waals surface area contributed by atoms with Gasteiger partial charge in [-0.15, -0.1) is 0 Å². The highest BCUT2D eigenvalue weighted by Gasteiger charge is 2.31. The van der Waals surface area contributed by atoms with Gasteiger partial charge in [0, 0.05) is 11.6 Å². The summed E-state index contributed by atoms with van der Waals surface area (Å²) in [6.45, 7) is 8.82. The van der Waals surface area contributed by atoms with Crippen LogP contribution in [0.4, 0.5) is 0 Å². The van der Waals surface area contributed by atoms with Crippen LogP contribution in [0.15, 0.2) is 102 Å². The van der Waals surface area contributed by atoms with Crippen LogP contribution in [0, 0.1) is 18.3 Å². The third kappa shape index (κ3) is 6.10. The Balaban J connectivity index is 1.38. The molecule has 0 saturated heterocycles. The van der Waals surface area contributed by atoms with E-state index in [1.165, 1.54) is 5.56 Å². The molecule has 0 aromatic heterocycles. The summed E-state index contributed by atoms with van der Waals surface area (Å²) >= 11 is 0. The smallest absolute Gasteiger partial charge is 0.343 e. The van der Waals surface area contributed by atoms with Gasteiger partial charge in [0.2, 0.25) is 5.88 Å². The minimum Gasteiger partial charge on any atom is -0.489 e. The first kappa shape index (κ1) is 27.5. The van der Waals surface area contributed by atoms with Gasteiger partial charge in [-0.3, -0.25) is 0 Å². The summed E-state index contributed by atoms with van der Waals surface area (Å²) in [4.78, 5) is 12.9. The number of allylic oxidation sites excluding steroid dienone is 1. The minimum absolute atomic E-state index is 0.0113. The summed E-state index contributed by atoms with van der Waals surface area (Å²) < 4.78 is 17.5.